The molecule has 2 aromatic rings. The van der Waals surface area contributed by atoms with Crippen molar-refractivity contribution >= 4 is 16.9 Å². The highest BCUT2D eigenvalue weighted by Gasteiger charge is 2.21. The van der Waals surface area contributed by atoms with Crippen LogP contribution in [0.4, 0.5) is 0 Å². The van der Waals surface area contributed by atoms with E-state index in [2.05, 4.69) is 24.1 Å². The van der Waals surface area contributed by atoms with Crippen molar-refractivity contribution in [1.82, 2.24) is 19.4 Å². The molecule has 1 fully saturated rings. The molecule has 0 saturated carbocycles. The summed E-state index contributed by atoms with van der Waals surface area (Å²) in [5.74, 6) is 1.08. The highest BCUT2D eigenvalue weighted by atomic mass is 16.2. The summed E-state index contributed by atoms with van der Waals surface area (Å²) in [7, 11) is 0. The van der Waals surface area contributed by atoms with Crippen molar-refractivity contribution in [3.05, 3.63) is 34.7 Å². The van der Waals surface area contributed by atoms with Gasteiger partial charge in [-0.05, 0) is 50.3 Å². The van der Waals surface area contributed by atoms with Crippen LogP contribution in [0.1, 0.15) is 33.6 Å². The van der Waals surface area contributed by atoms with Gasteiger partial charge in [-0.15, -0.1) is 0 Å². The molecule has 6 nitrogen and oxygen atoms in total. The number of piperidine rings is 1. The summed E-state index contributed by atoms with van der Waals surface area (Å²) in [5, 5.41) is 3.06. The third-order valence-corrected chi connectivity index (χ3v) is 5.36. The van der Waals surface area contributed by atoms with Crippen molar-refractivity contribution in [1.29, 1.82) is 0 Å². The fourth-order valence-corrected chi connectivity index (χ4v) is 4.19. The zero-order valence-corrected chi connectivity index (χ0v) is 16.8. The lowest BCUT2D eigenvalue weighted by atomic mass is 9.97. The summed E-state index contributed by atoms with van der Waals surface area (Å²) in [6, 6.07) is 7.66. The minimum atomic E-state index is -0.116. The summed E-state index contributed by atoms with van der Waals surface area (Å²) < 4.78 is 3.30. The van der Waals surface area contributed by atoms with Crippen LogP contribution in [-0.4, -0.2) is 46.1 Å². The number of amides is 1. The van der Waals surface area contributed by atoms with Gasteiger partial charge in [0, 0.05) is 26.2 Å². The molecular weight excluding hydrogens is 340 g/mol. The number of benzene rings is 1. The van der Waals surface area contributed by atoms with Gasteiger partial charge in [0.2, 0.25) is 5.91 Å². The third-order valence-electron chi connectivity index (χ3n) is 5.36. The minimum absolute atomic E-state index is 0.0781. The average Bonchev–Trinajstić information content (AvgIpc) is 2.91. The second-order valence-corrected chi connectivity index (χ2v) is 8.07. The molecule has 1 unspecified atom stereocenters. The summed E-state index contributed by atoms with van der Waals surface area (Å²) in [6.45, 7) is 11.1. The zero-order valence-electron chi connectivity index (χ0n) is 16.8. The average molecular weight is 373 g/mol. The van der Waals surface area contributed by atoms with Crippen molar-refractivity contribution in [2.24, 2.45) is 11.8 Å². The fraction of sp³-hybridized carbons (Fsp3) is 0.619. The van der Waals surface area contributed by atoms with Crippen molar-refractivity contribution < 1.29 is 4.79 Å². The van der Waals surface area contributed by atoms with Gasteiger partial charge in [0.25, 0.3) is 0 Å². The van der Waals surface area contributed by atoms with Crippen molar-refractivity contribution in [2.45, 2.75) is 46.7 Å². The Bertz CT molecular complexity index is 836. The molecule has 27 heavy (non-hydrogen) atoms. The third kappa shape index (κ3) is 4.61. The zero-order chi connectivity index (χ0) is 19.4. The van der Waals surface area contributed by atoms with Gasteiger partial charge in [-0.3, -0.25) is 13.9 Å². The predicted octanol–water partition coefficient (Wildman–Crippen LogP) is 2.31. The van der Waals surface area contributed by atoms with Crippen LogP contribution in [0, 0.1) is 11.8 Å². The number of aryl methyl sites for hydroxylation is 1. The van der Waals surface area contributed by atoms with E-state index >= 15 is 0 Å². The maximum Gasteiger partial charge on any atom is 0.329 e. The Morgan fingerprint density at radius 1 is 1.22 bits per heavy atom. The molecule has 148 valence electrons. The molecule has 1 aromatic heterocycles. The number of aromatic nitrogens is 2. The van der Waals surface area contributed by atoms with Crippen molar-refractivity contribution in [3.63, 3.8) is 0 Å². The fourth-order valence-electron chi connectivity index (χ4n) is 4.19. The van der Waals surface area contributed by atoms with Crippen LogP contribution < -0.4 is 11.0 Å². The van der Waals surface area contributed by atoms with Crippen LogP contribution in [0.5, 0.6) is 0 Å². The molecule has 1 atom stereocenters. The molecule has 0 bridgehead atoms. The molecule has 0 radical (unpaired) electrons. The number of rotatable bonds is 7. The Hall–Kier alpha value is -2.08. The van der Waals surface area contributed by atoms with Crippen molar-refractivity contribution in [3.8, 4) is 0 Å². The molecule has 1 aliphatic rings. The molecule has 1 N–H and O–H groups in total. The van der Waals surface area contributed by atoms with E-state index in [4.69, 9.17) is 0 Å². The van der Waals surface area contributed by atoms with Gasteiger partial charge in [0.05, 0.1) is 11.0 Å². The molecule has 6 heteroatoms. The first-order chi connectivity index (χ1) is 13.0. The Morgan fingerprint density at radius 3 is 2.59 bits per heavy atom. The summed E-state index contributed by atoms with van der Waals surface area (Å²) in [5.41, 5.74) is 1.59. The number of nitrogens with zero attached hydrogens (tertiary/aromatic N) is 3. The number of hydrogen-bond donors (Lipinski definition) is 1. The van der Waals surface area contributed by atoms with Crippen LogP contribution >= 0.6 is 0 Å². The van der Waals surface area contributed by atoms with Crippen LogP contribution in [0.25, 0.3) is 11.0 Å². The van der Waals surface area contributed by atoms with E-state index in [-0.39, 0.29) is 18.1 Å². The monoisotopic (exact) mass is 372 g/mol. The van der Waals surface area contributed by atoms with E-state index in [0.717, 1.165) is 37.1 Å². The minimum Gasteiger partial charge on any atom is -0.354 e. The van der Waals surface area contributed by atoms with Gasteiger partial charge in [-0.25, -0.2) is 4.79 Å². The quantitative estimate of drug-likeness (QED) is 0.811. The second kappa shape index (κ2) is 8.74. The highest BCUT2D eigenvalue weighted by Crippen LogP contribution is 2.17. The molecule has 3 rings (SSSR count). The van der Waals surface area contributed by atoms with Gasteiger partial charge < -0.3 is 10.2 Å². The summed E-state index contributed by atoms with van der Waals surface area (Å²) >= 11 is 0. The van der Waals surface area contributed by atoms with Gasteiger partial charge >= 0.3 is 5.69 Å². The van der Waals surface area contributed by atoms with Crippen LogP contribution in [0.3, 0.4) is 0 Å². The molecule has 0 aliphatic carbocycles. The molecule has 1 aliphatic heterocycles. The summed E-state index contributed by atoms with van der Waals surface area (Å²) in [6.07, 6.45) is 2.35. The van der Waals surface area contributed by atoms with E-state index < -0.39 is 0 Å². The Kier molecular flexibility index (Phi) is 6.37. The number of likely N-dealkylation sites (tertiary alicyclic amines) is 1. The number of para-hydroxylation sites is 2. The topological polar surface area (TPSA) is 59.3 Å². The van der Waals surface area contributed by atoms with Crippen LogP contribution in [-0.2, 0) is 17.9 Å². The number of carbonyl (C=O) groups is 1. The van der Waals surface area contributed by atoms with E-state index in [1.807, 2.05) is 31.2 Å². The van der Waals surface area contributed by atoms with Gasteiger partial charge in [0.1, 0.15) is 6.54 Å². The number of nitrogens with one attached hydrogen (secondary N) is 1. The Labute approximate surface area is 161 Å². The van der Waals surface area contributed by atoms with Crippen molar-refractivity contribution in [2.75, 3.05) is 26.2 Å². The lowest BCUT2D eigenvalue weighted by Gasteiger charge is -2.33. The molecule has 0 spiro atoms. The first-order valence-corrected chi connectivity index (χ1v) is 10.2. The predicted molar refractivity (Wildman–Crippen MR) is 109 cm³/mol. The van der Waals surface area contributed by atoms with Gasteiger partial charge in [0.15, 0.2) is 0 Å². The SMILES string of the molecule is CCn1c(=O)n(CC(=O)NCC2CCCN(CC(C)C)C2)c2ccccc21. The maximum absolute atomic E-state index is 12.6. The smallest absolute Gasteiger partial charge is 0.329 e. The van der Waals surface area contributed by atoms with E-state index in [9.17, 15) is 9.59 Å². The van der Waals surface area contributed by atoms with E-state index in [1.54, 1.807) is 9.13 Å². The van der Waals surface area contributed by atoms with E-state index in [0.29, 0.717) is 24.9 Å². The van der Waals surface area contributed by atoms with Crippen LogP contribution in [0.15, 0.2) is 29.1 Å². The van der Waals surface area contributed by atoms with Crippen LogP contribution in [0.2, 0.25) is 0 Å². The normalized spacial score (nSPS) is 18.3. The molecule has 1 aromatic carbocycles. The first kappa shape index (κ1) is 19.7. The standard InChI is InChI=1S/C21H32N4O2/c1-4-24-18-9-5-6-10-19(18)25(21(24)27)15-20(26)22-12-17-8-7-11-23(14-17)13-16(2)3/h5-6,9-10,16-17H,4,7-8,11-15H2,1-3H3,(H,22,26). The molecule has 1 saturated heterocycles. The van der Waals surface area contributed by atoms with E-state index in [1.165, 1.54) is 6.42 Å². The molecule has 1 amide bonds. The number of hydrogen-bond acceptors (Lipinski definition) is 3. The number of imidazole rings is 1. The second-order valence-electron chi connectivity index (χ2n) is 8.07. The largest absolute Gasteiger partial charge is 0.354 e. The van der Waals surface area contributed by atoms with Gasteiger partial charge in [-0.1, -0.05) is 26.0 Å². The lowest BCUT2D eigenvalue weighted by molar-refractivity contribution is -0.121. The molecule has 2 heterocycles. The number of carbonyl (C=O) groups excluding carboxylic acids is 1. The summed E-state index contributed by atoms with van der Waals surface area (Å²) in [4.78, 5) is 27.7. The first-order valence-electron chi connectivity index (χ1n) is 10.2. The molecular formula is C21H32N4O2. The number of fused-ring (bicyclic) bond motifs is 1. The Morgan fingerprint density at radius 2 is 1.93 bits per heavy atom. The Balaban J connectivity index is 1.61. The maximum atomic E-state index is 12.6. The van der Waals surface area contributed by atoms with Gasteiger partial charge in [-0.2, -0.15) is 0 Å². The lowest BCUT2D eigenvalue weighted by Crippen LogP contribution is -2.43. The highest BCUT2D eigenvalue weighted by molar-refractivity contribution is 5.80.